The van der Waals surface area contributed by atoms with E-state index in [9.17, 15) is 0 Å². The molecule has 0 aliphatic carbocycles. The Morgan fingerprint density at radius 2 is 2.11 bits per heavy atom. The predicted octanol–water partition coefficient (Wildman–Crippen LogP) is 1.33. The van der Waals surface area contributed by atoms with E-state index in [4.69, 9.17) is 9.47 Å². The summed E-state index contributed by atoms with van der Waals surface area (Å²) in [6.07, 6.45) is 3.93. The molecule has 1 rings (SSSR count). The number of rotatable bonds is 11. The lowest BCUT2D eigenvalue weighted by molar-refractivity contribution is 0.0416. The summed E-state index contributed by atoms with van der Waals surface area (Å²) >= 11 is 1.59. The fourth-order valence-electron chi connectivity index (χ4n) is 1.48. The Balaban J connectivity index is 2.01. The molecular weight excluding hydrogens is 264 g/mol. The van der Waals surface area contributed by atoms with Crippen LogP contribution in [0, 0.1) is 5.92 Å². The van der Waals surface area contributed by atoms with E-state index in [0.29, 0.717) is 32.3 Å². The lowest BCUT2D eigenvalue weighted by atomic mass is 10.2. The minimum absolute atomic E-state index is 0.491. The van der Waals surface area contributed by atoms with Gasteiger partial charge in [-0.05, 0) is 12.2 Å². The second-order valence-corrected chi connectivity index (χ2v) is 5.29. The van der Waals surface area contributed by atoms with Crippen LogP contribution in [0.3, 0.4) is 0 Å². The molecule has 1 heterocycles. The molecule has 0 saturated heterocycles. The maximum absolute atomic E-state index is 5.48. The Morgan fingerprint density at radius 3 is 2.84 bits per heavy atom. The summed E-state index contributed by atoms with van der Waals surface area (Å²) in [7, 11) is 0. The summed E-state index contributed by atoms with van der Waals surface area (Å²) in [5.41, 5.74) is 0.865. The van der Waals surface area contributed by atoms with Gasteiger partial charge in [-0.3, -0.25) is 9.40 Å². The van der Waals surface area contributed by atoms with E-state index >= 15 is 0 Å². The van der Waals surface area contributed by atoms with Crippen molar-refractivity contribution in [2.24, 2.45) is 5.92 Å². The van der Waals surface area contributed by atoms with Crippen molar-refractivity contribution in [1.82, 2.24) is 19.7 Å². The van der Waals surface area contributed by atoms with E-state index < -0.39 is 0 Å². The van der Waals surface area contributed by atoms with Crippen LogP contribution >= 0.6 is 11.9 Å². The van der Waals surface area contributed by atoms with E-state index in [0.717, 1.165) is 18.8 Å². The van der Waals surface area contributed by atoms with E-state index in [2.05, 4.69) is 28.9 Å². The fraction of sp³-hybridized carbons (Fsp3) is 0.833. The van der Waals surface area contributed by atoms with Gasteiger partial charge in [0.25, 0.3) is 0 Å². The molecule has 0 radical (unpaired) electrons. The van der Waals surface area contributed by atoms with Gasteiger partial charge < -0.3 is 9.47 Å². The van der Waals surface area contributed by atoms with Crippen LogP contribution in [-0.4, -0.2) is 47.6 Å². The van der Waals surface area contributed by atoms with Crippen molar-refractivity contribution in [2.75, 3.05) is 32.6 Å². The molecule has 1 aromatic heterocycles. The molecular formula is C12H24N4O2S. The van der Waals surface area contributed by atoms with Gasteiger partial charge in [0.15, 0.2) is 0 Å². The first-order valence-corrected chi connectivity index (χ1v) is 7.75. The lowest BCUT2D eigenvalue weighted by Gasteiger charge is -2.04. The van der Waals surface area contributed by atoms with Crippen LogP contribution in [0.15, 0.2) is 6.20 Å². The zero-order valence-electron chi connectivity index (χ0n) is 12.0. The van der Waals surface area contributed by atoms with Crippen LogP contribution < -0.4 is 4.72 Å². The van der Waals surface area contributed by atoms with Crippen molar-refractivity contribution in [3.8, 4) is 0 Å². The van der Waals surface area contributed by atoms with Crippen molar-refractivity contribution < 1.29 is 9.47 Å². The normalized spacial score (nSPS) is 11.4. The summed E-state index contributed by atoms with van der Waals surface area (Å²) in [5.74, 6) is 0.568. The van der Waals surface area contributed by atoms with E-state index in [1.54, 1.807) is 11.9 Å². The summed E-state index contributed by atoms with van der Waals surface area (Å²) in [4.78, 5) is 0. The highest BCUT2D eigenvalue weighted by Crippen LogP contribution is 2.00. The monoisotopic (exact) mass is 288 g/mol. The molecule has 7 heteroatoms. The molecule has 0 amide bonds. The topological polar surface area (TPSA) is 61.2 Å². The first-order valence-electron chi connectivity index (χ1n) is 6.52. The van der Waals surface area contributed by atoms with Crippen molar-refractivity contribution in [3.05, 3.63) is 11.9 Å². The van der Waals surface area contributed by atoms with E-state index in [1.807, 2.05) is 17.1 Å². The van der Waals surface area contributed by atoms with Gasteiger partial charge in [-0.15, -0.1) is 5.10 Å². The number of hydrogen-bond donors (Lipinski definition) is 1. The molecule has 0 atom stereocenters. The molecule has 19 heavy (non-hydrogen) atoms. The molecule has 0 spiro atoms. The molecule has 110 valence electrons. The van der Waals surface area contributed by atoms with Crippen molar-refractivity contribution >= 4 is 11.9 Å². The minimum atomic E-state index is 0.491. The van der Waals surface area contributed by atoms with Crippen molar-refractivity contribution in [1.29, 1.82) is 0 Å². The second-order valence-electron chi connectivity index (χ2n) is 4.59. The Kier molecular flexibility index (Phi) is 8.81. The van der Waals surface area contributed by atoms with Gasteiger partial charge in [-0.25, -0.2) is 0 Å². The maximum atomic E-state index is 5.48. The zero-order chi connectivity index (χ0) is 13.9. The first kappa shape index (κ1) is 16.4. The van der Waals surface area contributed by atoms with Crippen LogP contribution in [0.4, 0.5) is 0 Å². The minimum Gasteiger partial charge on any atom is -0.378 e. The van der Waals surface area contributed by atoms with Crippen LogP contribution in [0.25, 0.3) is 0 Å². The predicted molar refractivity (Wildman–Crippen MR) is 76.9 cm³/mol. The molecule has 0 fully saturated rings. The van der Waals surface area contributed by atoms with Gasteiger partial charge in [0, 0.05) is 13.1 Å². The zero-order valence-corrected chi connectivity index (χ0v) is 12.8. The van der Waals surface area contributed by atoms with E-state index in [1.165, 1.54) is 0 Å². The molecule has 0 aromatic carbocycles. The standard InChI is InChI=1S/C12H24N4O2S/c1-11(2)8-16-9-12(14-15-16)10-18-7-6-17-5-4-13-19-3/h9,11,13H,4-8,10H2,1-3H3. The summed E-state index contributed by atoms with van der Waals surface area (Å²) in [5, 5.41) is 8.11. The molecule has 1 aromatic rings. The SMILES string of the molecule is CSNCCOCCOCc1cn(CC(C)C)nn1. The number of ether oxygens (including phenoxy) is 2. The fourth-order valence-corrected chi connectivity index (χ4v) is 1.77. The molecule has 0 aliphatic heterocycles. The molecule has 1 N–H and O–H groups in total. The number of aromatic nitrogens is 3. The number of nitrogens with one attached hydrogen (secondary N) is 1. The second kappa shape index (κ2) is 10.2. The average Bonchev–Trinajstić information content (AvgIpc) is 2.79. The number of hydrogen-bond acceptors (Lipinski definition) is 6. The summed E-state index contributed by atoms with van der Waals surface area (Å²) in [6.45, 7) is 8.43. The van der Waals surface area contributed by atoms with Gasteiger partial charge in [-0.1, -0.05) is 31.0 Å². The highest BCUT2D eigenvalue weighted by atomic mass is 32.2. The third-order valence-electron chi connectivity index (χ3n) is 2.25. The molecule has 0 aliphatic rings. The Morgan fingerprint density at radius 1 is 1.32 bits per heavy atom. The maximum Gasteiger partial charge on any atom is 0.108 e. The summed E-state index contributed by atoms with van der Waals surface area (Å²) in [6, 6.07) is 0. The van der Waals surface area contributed by atoms with Gasteiger partial charge in [0.05, 0.1) is 32.6 Å². The first-order chi connectivity index (χ1) is 9.22. The Hall–Kier alpha value is -0.630. The summed E-state index contributed by atoms with van der Waals surface area (Å²) < 4.78 is 15.8. The largest absolute Gasteiger partial charge is 0.378 e. The number of nitrogens with zero attached hydrogens (tertiary/aromatic N) is 3. The van der Waals surface area contributed by atoms with Gasteiger partial charge in [0.2, 0.25) is 0 Å². The third-order valence-corrected chi connectivity index (χ3v) is 2.75. The van der Waals surface area contributed by atoms with Crippen LogP contribution in [0.5, 0.6) is 0 Å². The van der Waals surface area contributed by atoms with Crippen LogP contribution in [0.1, 0.15) is 19.5 Å². The van der Waals surface area contributed by atoms with Crippen molar-refractivity contribution in [3.63, 3.8) is 0 Å². The van der Waals surface area contributed by atoms with Crippen LogP contribution in [-0.2, 0) is 22.6 Å². The van der Waals surface area contributed by atoms with Gasteiger partial charge in [-0.2, -0.15) is 0 Å². The quantitative estimate of drug-likeness (QED) is 0.490. The van der Waals surface area contributed by atoms with E-state index in [-0.39, 0.29) is 0 Å². The molecule has 6 nitrogen and oxygen atoms in total. The Bertz CT molecular complexity index is 333. The Labute approximate surface area is 119 Å². The smallest absolute Gasteiger partial charge is 0.108 e. The van der Waals surface area contributed by atoms with Crippen LogP contribution in [0.2, 0.25) is 0 Å². The van der Waals surface area contributed by atoms with Gasteiger partial charge in [0.1, 0.15) is 5.69 Å². The van der Waals surface area contributed by atoms with Crippen molar-refractivity contribution in [2.45, 2.75) is 27.0 Å². The third kappa shape index (κ3) is 8.20. The lowest BCUT2D eigenvalue weighted by Crippen LogP contribution is -2.14. The molecule has 0 saturated carbocycles. The highest BCUT2D eigenvalue weighted by Gasteiger charge is 2.02. The average molecular weight is 288 g/mol. The van der Waals surface area contributed by atoms with Gasteiger partial charge >= 0.3 is 0 Å². The molecule has 0 bridgehead atoms. The highest BCUT2D eigenvalue weighted by molar-refractivity contribution is 7.96. The molecule has 0 unspecified atom stereocenters.